The highest BCUT2D eigenvalue weighted by molar-refractivity contribution is 4.92. The van der Waals surface area contributed by atoms with E-state index in [9.17, 15) is 0 Å². The van der Waals surface area contributed by atoms with Gasteiger partial charge in [-0.2, -0.15) is 0 Å². The molecule has 0 spiro atoms. The summed E-state index contributed by atoms with van der Waals surface area (Å²) in [4.78, 5) is 2.65. The third kappa shape index (κ3) is 3.43. The topological polar surface area (TPSA) is 24.5 Å². The van der Waals surface area contributed by atoms with Gasteiger partial charge in [-0.1, -0.05) is 20.8 Å². The first-order valence-electron chi connectivity index (χ1n) is 7.06. The molecular weight excluding hydrogens is 212 g/mol. The highest BCUT2D eigenvalue weighted by Gasteiger charge is 2.35. The molecule has 2 aliphatic heterocycles. The number of hydrogen-bond donors (Lipinski definition) is 1. The van der Waals surface area contributed by atoms with Crippen molar-refractivity contribution >= 4 is 0 Å². The van der Waals surface area contributed by atoms with Gasteiger partial charge in [0, 0.05) is 38.3 Å². The van der Waals surface area contributed by atoms with E-state index < -0.39 is 0 Å². The Morgan fingerprint density at radius 2 is 2.12 bits per heavy atom. The quantitative estimate of drug-likeness (QED) is 0.797. The second-order valence-electron chi connectivity index (χ2n) is 6.78. The SMILES string of the molecule is CC1CN(CC2CCCO2)C(C(C)(C)C)CN1. The summed E-state index contributed by atoms with van der Waals surface area (Å²) in [6.45, 7) is 13.7. The van der Waals surface area contributed by atoms with Crippen molar-refractivity contribution < 1.29 is 4.74 Å². The minimum absolute atomic E-state index is 0.339. The zero-order chi connectivity index (χ0) is 12.5. The van der Waals surface area contributed by atoms with Gasteiger partial charge in [0.05, 0.1) is 6.10 Å². The number of piperazine rings is 1. The van der Waals surface area contributed by atoms with Gasteiger partial charge in [0.1, 0.15) is 0 Å². The van der Waals surface area contributed by atoms with Crippen LogP contribution in [0.5, 0.6) is 0 Å². The lowest BCUT2D eigenvalue weighted by Gasteiger charge is -2.46. The number of nitrogens with one attached hydrogen (secondary N) is 1. The summed E-state index contributed by atoms with van der Waals surface area (Å²) in [7, 11) is 0. The van der Waals surface area contributed by atoms with Crippen LogP contribution < -0.4 is 5.32 Å². The van der Waals surface area contributed by atoms with Crippen LogP contribution in [0, 0.1) is 5.41 Å². The summed E-state index contributed by atoms with van der Waals surface area (Å²) >= 11 is 0. The Bertz CT molecular complexity index is 243. The predicted molar refractivity (Wildman–Crippen MR) is 71.3 cm³/mol. The molecule has 3 unspecified atom stereocenters. The Morgan fingerprint density at radius 1 is 1.35 bits per heavy atom. The van der Waals surface area contributed by atoms with Crippen molar-refractivity contribution in [2.45, 2.75) is 58.7 Å². The van der Waals surface area contributed by atoms with Crippen molar-refractivity contribution in [1.29, 1.82) is 0 Å². The molecule has 0 aromatic rings. The van der Waals surface area contributed by atoms with Crippen LogP contribution >= 0.6 is 0 Å². The Morgan fingerprint density at radius 3 is 2.71 bits per heavy atom. The number of nitrogens with zero attached hydrogens (tertiary/aromatic N) is 1. The van der Waals surface area contributed by atoms with Crippen molar-refractivity contribution in [3.8, 4) is 0 Å². The van der Waals surface area contributed by atoms with Gasteiger partial charge in [-0.05, 0) is 25.2 Å². The summed E-state index contributed by atoms with van der Waals surface area (Å²) in [5.74, 6) is 0. The summed E-state index contributed by atoms with van der Waals surface area (Å²) in [5.41, 5.74) is 0.339. The molecule has 3 atom stereocenters. The van der Waals surface area contributed by atoms with Gasteiger partial charge in [-0.15, -0.1) is 0 Å². The van der Waals surface area contributed by atoms with Gasteiger partial charge in [-0.25, -0.2) is 0 Å². The molecule has 2 heterocycles. The average Bonchev–Trinajstić information content (AvgIpc) is 2.68. The average molecular weight is 240 g/mol. The second kappa shape index (κ2) is 5.25. The minimum Gasteiger partial charge on any atom is -0.377 e. The van der Waals surface area contributed by atoms with Gasteiger partial charge < -0.3 is 10.1 Å². The van der Waals surface area contributed by atoms with Crippen molar-refractivity contribution in [2.24, 2.45) is 5.41 Å². The van der Waals surface area contributed by atoms with Crippen molar-refractivity contribution in [1.82, 2.24) is 10.2 Å². The van der Waals surface area contributed by atoms with Crippen LogP contribution in [0.25, 0.3) is 0 Å². The molecular formula is C14H28N2O. The molecule has 0 amide bonds. The van der Waals surface area contributed by atoms with Gasteiger partial charge in [0.25, 0.3) is 0 Å². The minimum atomic E-state index is 0.339. The lowest BCUT2D eigenvalue weighted by molar-refractivity contribution is 0.00819. The van der Waals surface area contributed by atoms with Crippen molar-refractivity contribution in [2.75, 3.05) is 26.2 Å². The molecule has 0 saturated carbocycles. The van der Waals surface area contributed by atoms with E-state index in [-0.39, 0.29) is 0 Å². The molecule has 17 heavy (non-hydrogen) atoms. The maximum Gasteiger partial charge on any atom is 0.0702 e. The molecule has 2 fully saturated rings. The smallest absolute Gasteiger partial charge is 0.0702 e. The fourth-order valence-corrected chi connectivity index (χ4v) is 3.09. The number of rotatable bonds is 2. The highest BCUT2D eigenvalue weighted by Crippen LogP contribution is 2.27. The van der Waals surface area contributed by atoms with Crippen LogP contribution in [0.4, 0.5) is 0 Å². The van der Waals surface area contributed by atoms with Crippen LogP contribution in [0.2, 0.25) is 0 Å². The molecule has 2 aliphatic rings. The van der Waals surface area contributed by atoms with E-state index in [1.807, 2.05) is 0 Å². The predicted octanol–water partition coefficient (Wildman–Crippen LogP) is 1.87. The summed E-state index contributed by atoms with van der Waals surface area (Å²) in [6.07, 6.45) is 2.96. The molecule has 0 aliphatic carbocycles. The first-order chi connectivity index (χ1) is 7.97. The molecule has 3 heteroatoms. The Hall–Kier alpha value is -0.120. The molecule has 2 rings (SSSR count). The van der Waals surface area contributed by atoms with E-state index in [1.54, 1.807) is 0 Å². The van der Waals surface area contributed by atoms with E-state index in [4.69, 9.17) is 4.74 Å². The second-order valence-corrected chi connectivity index (χ2v) is 6.78. The van der Waals surface area contributed by atoms with Crippen LogP contribution in [-0.4, -0.2) is 49.3 Å². The zero-order valence-corrected chi connectivity index (χ0v) is 11.8. The Balaban J connectivity index is 1.98. The van der Waals surface area contributed by atoms with E-state index >= 15 is 0 Å². The molecule has 100 valence electrons. The van der Waals surface area contributed by atoms with E-state index in [0.717, 1.165) is 26.2 Å². The lowest BCUT2D eigenvalue weighted by Crippen LogP contribution is -2.61. The van der Waals surface area contributed by atoms with Crippen molar-refractivity contribution in [3.63, 3.8) is 0 Å². The van der Waals surface area contributed by atoms with Gasteiger partial charge in [0.15, 0.2) is 0 Å². The van der Waals surface area contributed by atoms with E-state index in [0.29, 0.717) is 23.6 Å². The van der Waals surface area contributed by atoms with Gasteiger partial charge in [-0.3, -0.25) is 4.90 Å². The first-order valence-corrected chi connectivity index (χ1v) is 7.06. The third-order valence-corrected chi connectivity index (χ3v) is 4.07. The normalized spacial score (nSPS) is 36.4. The Kier molecular flexibility index (Phi) is 4.11. The standard InChI is InChI=1S/C14H28N2O/c1-11-9-16(10-12-6-5-7-17-12)13(8-15-11)14(2,3)4/h11-13,15H,5-10H2,1-4H3. The fourth-order valence-electron chi connectivity index (χ4n) is 3.09. The maximum absolute atomic E-state index is 5.79. The highest BCUT2D eigenvalue weighted by atomic mass is 16.5. The molecule has 1 N–H and O–H groups in total. The third-order valence-electron chi connectivity index (χ3n) is 4.07. The van der Waals surface area contributed by atoms with Crippen molar-refractivity contribution in [3.05, 3.63) is 0 Å². The molecule has 0 bridgehead atoms. The van der Waals surface area contributed by atoms with Gasteiger partial charge >= 0.3 is 0 Å². The number of ether oxygens (including phenoxy) is 1. The molecule has 3 nitrogen and oxygen atoms in total. The zero-order valence-electron chi connectivity index (χ0n) is 11.8. The molecule has 0 aromatic heterocycles. The van der Waals surface area contributed by atoms with E-state index in [2.05, 4.69) is 37.9 Å². The summed E-state index contributed by atoms with van der Waals surface area (Å²) < 4.78 is 5.79. The van der Waals surface area contributed by atoms with Crippen LogP contribution in [0.15, 0.2) is 0 Å². The van der Waals surface area contributed by atoms with Crippen LogP contribution in [0.1, 0.15) is 40.5 Å². The van der Waals surface area contributed by atoms with Crippen LogP contribution in [-0.2, 0) is 4.74 Å². The maximum atomic E-state index is 5.79. The summed E-state index contributed by atoms with van der Waals surface area (Å²) in [6, 6.07) is 1.23. The van der Waals surface area contributed by atoms with Crippen LogP contribution in [0.3, 0.4) is 0 Å². The molecule has 2 saturated heterocycles. The molecule has 0 aromatic carbocycles. The summed E-state index contributed by atoms with van der Waals surface area (Å²) in [5, 5.41) is 3.61. The van der Waals surface area contributed by atoms with Gasteiger partial charge in [0.2, 0.25) is 0 Å². The fraction of sp³-hybridized carbons (Fsp3) is 1.00. The molecule has 0 radical (unpaired) electrons. The largest absolute Gasteiger partial charge is 0.377 e. The lowest BCUT2D eigenvalue weighted by atomic mass is 9.83. The Labute approximate surface area is 106 Å². The number of hydrogen-bond acceptors (Lipinski definition) is 3. The first kappa shape index (κ1) is 13.3. The van der Waals surface area contributed by atoms with E-state index in [1.165, 1.54) is 12.8 Å². The monoisotopic (exact) mass is 240 g/mol.